The van der Waals surface area contributed by atoms with Crippen molar-refractivity contribution in [3.05, 3.63) is 0 Å². The molecule has 1 atom stereocenters. The van der Waals surface area contributed by atoms with Crippen molar-refractivity contribution in [3.8, 4) is 0 Å². The van der Waals surface area contributed by atoms with Crippen LogP contribution in [-0.2, 0) is 26.1 Å². The number of hydrogen-bond donors (Lipinski definition) is 1. The van der Waals surface area contributed by atoms with E-state index in [-0.39, 0.29) is 6.10 Å². The summed E-state index contributed by atoms with van der Waals surface area (Å²) in [5, 5.41) is 8.41. The molecule has 2 heteroatoms. The van der Waals surface area contributed by atoms with Crippen LogP contribution < -0.4 is 0 Å². The standard InChI is InChI=1S/C3H7O.Hg/c1-3(2)4;/h3-4H,1H2,2H3;/q;+1/i;1-4. The van der Waals surface area contributed by atoms with Crippen molar-refractivity contribution in [1.82, 2.24) is 0 Å². The zero-order valence-electron chi connectivity index (χ0n) is 3.44. The Labute approximate surface area is 48.4 Å². The molecular formula is C3H7HgO+. The zero-order chi connectivity index (χ0) is 4.28. The average molecular weight is 256 g/mol. The van der Waals surface area contributed by atoms with Gasteiger partial charge in [0.15, 0.2) is 0 Å². The minimum absolute atomic E-state index is 0.0293. The third-order valence-corrected chi connectivity index (χ3v) is 3.67. The van der Waals surface area contributed by atoms with Gasteiger partial charge in [-0.15, -0.1) is 0 Å². The Morgan fingerprint density at radius 2 is 2.20 bits per heavy atom. The zero-order valence-corrected chi connectivity index (χ0v) is 8.94. The summed E-state index contributed by atoms with van der Waals surface area (Å²) in [5.74, 6) is 0. The molecule has 0 radical (unpaired) electrons. The minimum atomic E-state index is -0.0293. The molecule has 1 nitrogen and oxygen atoms in total. The molecule has 0 saturated carbocycles. The van der Waals surface area contributed by atoms with Gasteiger partial charge in [-0.05, 0) is 0 Å². The fourth-order valence-corrected chi connectivity index (χ4v) is 0. The Bertz CT molecular complexity index is 20.9. The third kappa shape index (κ3) is 4.90. The van der Waals surface area contributed by atoms with Gasteiger partial charge in [0.05, 0.1) is 0 Å². The summed E-state index contributed by atoms with van der Waals surface area (Å²) in [6.07, 6.45) is -0.0293. The van der Waals surface area contributed by atoms with Crippen LogP contribution in [0, 0.1) is 0 Å². The van der Waals surface area contributed by atoms with Crippen LogP contribution in [-0.4, -0.2) is 11.2 Å². The molecule has 0 amide bonds. The molecule has 1 N–H and O–H groups in total. The summed E-state index contributed by atoms with van der Waals surface area (Å²) in [6.45, 7) is 1.83. The molecule has 5 heavy (non-hydrogen) atoms. The maximum absolute atomic E-state index is 8.41. The average Bonchev–Trinajstić information content (AvgIpc) is 1.38. The van der Waals surface area contributed by atoms with Crippen LogP contribution in [0.4, 0.5) is 0 Å². The van der Waals surface area contributed by atoms with Crippen molar-refractivity contribution in [2.24, 2.45) is 0 Å². The van der Waals surface area contributed by atoms with Crippen LogP contribution in [0.25, 0.3) is 0 Å². The quantitative estimate of drug-likeness (QED) is 0.670. The Balaban J connectivity index is 2.54. The fraction of sp³-hybridized carbons (Fsp3) is 1.00. The van der Waals surface area contributed by atoms with Gasteiger partial charge in [-0.2, -0.15) is 0 Å². The van der Waals surface area contributed by atoms with E-state index in [2.05, 4.69) is 0 Å². The van der Waals surface area contributed by atoms with Crippen molar-refractivity contribution in [2.75, 3.05) is 0 Å². The second-order valence-corrected chi connectivity index (χ2v) is 3.38. The summed E-state index contributed by atoms with van der Waals surface area (Å²) in [6, 6.07) is 0. The molecule has 0 saturated heterocycles. The second-order valence-electron chi connectivity index (χ2n) is 1.14. The maximum atomic E-state index is 8.41. The van der Waals surface area contributed by atoms with Crippen LogP contribution in [0.15, 0.2) is 0 Å². The van der Waals surface area contributed by atoms with Crippen molar-refractivity contribution >= 4 is 0 Å². The van der Waals surface area contributed by atoms with Gasteiger partial charge >= 0.3 is 48.2 Å². The SMILES string of the molecule is CC(O)[CH2][197Hg+]. The molecule has 1 unspecified atom stereocenters. The van der Waals surface area contributed by atoms with Crippen LogP contribution >= 0.6 is 0 Å². The Morgan fingerprint density at radius 1 is 2.00 bits per heavy atom. The summed E-state index contributed by atoms with van der Waals surface area (Å²) >= 11 is 0.793. The molecule has 0 aliphatic heterocycles. The molecule has 0 aromatic rings. The van der Waals surface area contributed by atoms with E-state index < -0.39 is 0 Å². The molecule has 0 aromatic carbocycles. The summed E-state index contributed by atoms with van der Waals surface area (Å²) < 4.78 is 1.06. The van der Waals surface area contributed by atoms with E-state index in [1.165, 1.54) is 0 Å². The summed E-state index contributed by atoms with van der Waals surface area (Å²) in [4.78, 5) is 0. The van der Waals surface area contributed by atoms with Crippen LogP contribution in [0.5, 0.6) is 0 Å². The van der Waals surface area contributed by atoms with Gasteiger partial charge in [0.25, 0.3) is 0 Å². The molecule has 0 rings (SSSR count). The first-order valence-corrected chi connectivity index (χ1v) is 5.63. The topological polar surface area (TPSA) is 20.2 Å². The third-order valence-electron chi connectivity index (χ3n) is 0.418. The molecule has 0 bridgehead atoms. The van der Waals surface area contributed by atoms with Crippen LogP contribution in [0.2, 0.25) is 3.93 Å². The van der Waals surface area contributed by atoms with E-state index in [4.69, 9.17) is 5.11 Å². The van der Waals surface area contributed by atoms with Crippen molar-refractivity contribution in [3.63, 3.8) is 0 Å². The van der Waals surface area contributed by atoms with Crippen molar-refractivity contribution < 1.29 is 31.2 Å². The molecule has 0 fully saturated rings. The second kappa shape index (κ2) is 3.10. The Hall–Kier alpha value is 0.895. The van der Waals surface area contributed by atoms with E-state index in [1.54, 1.807) is 0 Å². The van der Waals surface area contributed by atoms with Gasteiger partial charge in [-0.1, -0.05) is 0 Å². The Kier molecular flexibility index (Phi) is 3.65. The van der Waals surface area contributed by atoms with E-state index in [0.717, 1.165) is 30.1 Å². The van der Waals surface area contributed by atoms with Gasteiger partial charge in [-0.3, -0.25) is 0 Å². The molecule has 0 aliphatic carbocycles. The van der Waals surface area contributed by atoms with Gasteiger partial charge in [-0.25, -0.2) is 0 Å². The van der Waals surface area contributed by atoms with E-state index >= 15 is 0 Å². The van der Waals surface area contributed by atoms with Gasteiger partial charge in [0.1, 0.15) is 0 Å². The predicted molar refractivity (Wildman–Crippen MR) is 16.5 cm³/mol. The number of aliphatic hydroxyl groups excluding tert-OH is 1. The van der Waals surface area contributed by atoms with Crippen LogP contribution in [0.3, 0.4) is 0 Å². The first-order chi connectivity index (χ1) is 2.27. The monoisotopic (exact) mass is 256 g/mol. The summed E-state index contributed by atoms with van der Waals surface area (Å²) in [7, 11) is 0. The van der Waals surface area contributed by atoms with Crippen molar-refractivity contribution in [1.29, 1.82) is 0 Å². The number of hydrogen-bond acceptors (Lipinski definition) is 1. The summed E-state index contributed by atoms with van der Waals surface area (Å²) in [5.41, 5.74) is 0. The first-order valence-electron chi connectivity index (χ1n) is 1.74. The molecule has 0 spiro atoms. The van der Waals surface area contributed by atoms with Gasteiger partial charge < -0.3 is 0 Å². The van der Waals surface area contributed by atoms with E-state index in [1.807, 2.05) is 6.92 Å². The molecule has 26 valence electrons. The van der Waals surface area contributed by atoms with Gasteiger partial charge in [0.2, 0.25) is 0 Å². The predicted octanol–water partition coefficient (Wildman–Crippen LogP) is 0.332. The Morgan fingerprint density at radius 3 is 2.20 bits per heavy atom. The van der Waals surface area contributed by atoms with Crippen LogP contribution in [0.1, 0.15) is 6.92 Å². The fourth-order valence-electron chi connectivity index (χ4n) is 0. The van der Waals surface area contributed by atoms with Crippen molar-refractivity contribution in [2.45, 2.75) is 17.0 Å². The molecule has 0 aliphatic rings. The van der Waals surface area contributed by atoms with E-state index in [9.17, 15) is 0 Å². The molecular weight excluding hydrogens is 249 g/mol. The normalized spacial score (nSPS) is 15.2. The van der Waals surface area contributed by atoms with E-state index in [0.29, 0.717) is 0 Å². The number of aliphatic hydroxyl groups is 1. The number of rotatable bonds is 1. The van der Waals surface area contributed by atoms with Gasteiger partial charge in [0, 0.05) is 0 Å². The molecule has 0 heterocycles. The first kappa shape index (κ1) is 5.90. The molecule has 0 aromatic heterocycles.